The van der Waals surface area contributed by atoms with E-state index in [4.69, 9.17) is 9.84 Å². The smallest absolute Gasteiger partial charge is 0.416 e. The molecule has 0 aliphatic rings. The van der Waals surface area contributed by atoms with Crippen LogP contribution in [0.5, 0.6) is 5.75 Å². The Bertz CT molecular complexity index is 795. The maximum atomic E-state index is 13.7. The Balaban J connectivity index is 2.36. The van der Waals surface area contributed by atoms with Crippen LogP contribution in [-0.4, -0.2) is 11.1 Å². The van der Waals surface area contributed by atoms with E-state index in [2.05, 4.69) is 0 Å². The lowest BCUT2D eigenvalue weighted by Gasteiger charge is -2.18. The van der Waals surface area contributed by atoms with Crippen LogP contribution in [-0.2, 0) is 17.1 Å². The van der Waals surface area contributed by atoms with E-state index in [0.29, 0.717) is 24.3 Å². The summed E-state index contributed by atoms with van der Waals surface area (Å²) in [5.74, 6) is -3.97. The van der Waals surface area contributed by atoms with Crippen molar-refractivity contribution in [1.29, 1.82) is 0 Å². The van der Waals surface area contributed by atoms with Crippen molar-refractivity contribution in [2.24, 2.45) is 0 Å². The standard InChI is InChI=1S/C16H9F7O3/c17-11-6-5-10(16(21,22)23)7-12(11)26-13(14(24)25)8-1-3-9(4-2-8)15(18,19)20/h1-7,13H,(H,24,25). The highest BCUT2D eigenvalue weighted by Gasteiger charge is 2.33. The van der Waals surface area contributed by atoms with E-state index < -0.39 is 47.1 Å². The summed E-state index contributed by atoms with van der Waals surface area (Å²) in [6.07, 6.45) is -11.5. The fourth-order valence-electron chi connectivity index (χ4n) is 2.00. The van der Waals surface area contributed by atoms with Crippen LogP contribution in [0.3, 0.4) is 0 Å². The number of hydrogen-bond acceptors (Lipinski definition) is 2. The largest absolute Gasteiger partial charge is 0.478 e. The van der Waals surface area contributed by atoms with E-state index in [-0.39, 0.29) is 11.6 Å². The Morgan fingerprint density at radius 2 is 1.38 bits per heavy atom. The molecule has 26 heavy (non-hydrogen) atoms. The van der Waals surface area contributed by atoms with E-state index in [1.54, 1.807) is 0 Å². The summed E-state index contributed by atoms with van der Waals surface area (Å²) in [5, 5.41) is 9.15. The van der Waals surface area contributed by atoms with Crippen LogP contribution in [0.1, 0.15) is 22.8 Å². The van der Waals surface area contributed by atoms with Crippen LogP contribution >= 0.6 is 0 Å². The first-order chi connectivity index (χ1) is 11.9. The van der Waals surface area contributed by atoms with Gasteiger partial charge in [0.25, 0.3) is 0 Å². The second-order valence-electron chi connectivity index (χ2n) is 5.10. The second-order valence-corrected chi connectivity index (χ2v) is 5.10. The zero-order chi connectivity index (χ0) is 19.7. The molecule has 10 heteroatoms. The van der Waals surface area contributed by atoms with Crippen LogP contribution in [0.2, 0.25) is 0 Å². The van der Waals surface area contributed by atoms with Gasteiger partial charge in [0.1, 0.15) is 0 Å². The molecule has 2 rings (SSSR count). The zero-order valence-corrected chi connectivity index (χ0v) is 12.5. The van der Waals surface area contributed by atoms with Gasteiger partial charge in [-0.05, 0) is 30.3 Å². The minimum Gasteiger partial charge on any atom is -0.478 e. The van der Waals surface area contributed by atoms with Gasteiger partial charge in [0.05, 0.1) is 11.1 Å². The number of alkyl halides is 6. The molecule has 0 amide bonds. The number of hydrogen-bond donors (Lipinski definition) is 1. The Morgan fingerprint density at radius 1 is 0.885 bits per heavy atom. The first-order valence-electron chi connectivity index (χ1n) is 6.83. The second kappa shape index (κ2) is 6.85. The number of benzene rings is 2. The Hall–Kier alpha value is -2.78. The maximum Gasteiger partial charge on any atom is 0.416 e. The molecule has 0 spiro atoms. The van der Waals surface area contributed by atoms with Crippen LogP contribution < -0.4 is 4.74 Å². The molecule has 0 radical (unpaired) electrons. The number of carbonyl (C=O) groups is 1. The van der Waals surface area contributed by atoms with Gasteiger partial charge in [-0.3, -0.25) is 0 Å². The van der Waals surface area contributed by atoms with Crippen molar-refractivity contribution in [2.45, 2.75) is 18.5 Å². The lowest BCUT2D eigenvalue weighted by Crippen LogP contribution is -2.19. The molecular formula is C16H9F7O3. The van der Waals surface area contributed by atoms with Gasteiger partial charge in [-0.15, -0.1) is 0 Å². The van der Waals surface area contributed by atoms with E-state index in [0.717, 1.165) is 12.1 Å². The Kier molecular flexibility index (Phi) is 5.15. The van der Waals surface area contributed by atoms with Crippen LogP contribution in [0.4, 0.5) is 30.7 Å². The molecule has 140 valence electrons. The lowest BCUT2D eigenvalue weighted by molar-refractivity contribution is -0.145. The normalized spacial score (nSPS) is 13.3. The van der Waals surface area contributed by atoms with Crippen LogP contribution in [0.15, 0.2) is 42.5 Å². The van der Waals surface area contributed by atoms with E-state index >= 15 is 0 Å². The molecule has 0 bridgehead atoms. The van der Waals surface area contributed by atoms with Crippen molar-refractivity contribution >= 4 is 5.97 Å². The molecule has 3 nitrogen and oxygen atoms in total. The summed E-state index contributed by atoms with van der Waals surface area (Å²) >= 11 is 0. The van der Waals surface area contributed by atoms with Gasteiger partial charge in [-0.1, -0.05) is 12.1 Å². The van der Waals surface area contributed by atoms with Crippen molar-refractivity contribution in [1.82, 2.24) is 0 Å². The molecule has 2 aromatic rings. The number of aliphatic carboxylic acids is 1. The van der Waals surface area contributed by atoms with E-state index in [1.165, 1.54) is 0 Å². The van der Waals surface area contributed by atoms with Gasteiger partial charge < -0.3 is 9.84 Å². The molecule has 1 unspecified atom stereocenters. The summed E-state index contributed by atoms with van der Waals surface area (Å²) in [5.41, 5.74) is -2.64. The van der Waals surface area contributed by atoms with Gasteiger partial charge in [-0.2, -0.15) is 26.3 Å². The zero-order valence-electron chi connectivity index (χ0n) is 12.5. The molecule has 0 aliphatic carbocycles. The summed E-state index contributed by atoms with van der Waals surface area (Å²) in [6, 6.07) is 3.89. The van der Waals surface area contributed by atoms with Crippen molar-refractivity contribution in [3.8, 4) is 5.75 Å². The number of rotatable bonds is 4. The molecule has 0 aliphatic heterocycles. The SMILES string of the molecule is O=C(O)C(Oc1cc(C(F)(F)F)ccc1F)c1ccc(C(F)(F)F)cc1. The number of halogens is 7. The Morgan fingerprint density at radius 3 is 1.85 bits per heavy atom. The quantitative estimate of drug-likeness (QED) is 0.752. The van der Waals surface area contributed by atoms with Crippen LogP contribution in [0.25, 0.3) is 0 Å². The minimum atomic E-state index is -4.82. The summed E-state index contributed by atoms with van der Waals surface area (Å²) in [6.45, 7) is 0. The fourth-order valence-corrected chi connectivity index (χ4v) is 2.00. The van der Waals surface area contributed by atoms with Gasteiger partial charge in [-0.25, -0.2) is 9.18 Å². The van der Waals surface area contributed by atoms with Crippen molar-refractivity contribution in [3.05, 3.63) is 65.0 Å². The highest BCUT2D eigenvalue weighted by atomic mass is 19.4. The minimum absolute atomic E-state index is 0.273. The summed E-state index contributed by atoms with van der Waals surface area (Å²) < 4.78 is 94.1. The van der Waals surface area contributed by atoms with Gasteiger partial charge >= 0.3 is 18.3 Å². The highest BCUT2D eigenvalue weighted by molar-refractivity contribution is 5.75. The van der Waals surface area contributed by atoms with Crippen molar-refractivity contribution in [3.63, 3.8) is 0 Å². The summed E-state index contributed by atoms with van der Waals surface area (Å²) in [4.78, 5) is 11.3. The van der Waals surface area contributed by atoms with Gasteiger partial charge in [0.15, 0.2) is 11.6 Å². The first-order valence-corrected chi connectivity index (χ1v) is 6.83. The lowest BCUT2D eigenvalue weighted by atomic mass is 10.1. The predicted molar refractivity (Wildman–Crippen MR) is 73.9 cm³/mol. The third kappa shape index (κ3) is 4.44. The number of ether oxygens (including phenoxy) is 1. The average molecular weight is 382 g/mol. The van der Waals surface area contributed by atoms with Gasteiger partial charge in [0.2, 0.25) is 6.10 Å². The molecule has 0 saturated carbocycles. The monoisotopic (exact) mass is 382 g/mol. The predicted octanol–water partition coefficient (Wildman–Crippen LogP) is 5.07. The first kappa shape index (κ1) is 19.5. The Labute approximate surface area is 141 Å². The highest BCUT2D eigenvalue weighted by Crippen LogP contribution is 2.35. The van der Waals surface area contributed by atoms with Crippen LogP contribution in [0, 0.1) is 5.82 Å². The van der Waals surface area contributed by atoms with Crippen molar-refractivity contribution < 1.29 is 45.4 Å². The molecule has 0 fully saturated rings. The third-order valence-corrected chi connectivity index (χ3v) is 3.27. The molecule has 0 aromatic heterocycles. The molecule has 1 N–H and O–H groups in total. The van der Waals surface area contributed by atoms with Gasteiger partial charge in [0, 0.05) is 5.56 Å². The molecular weight excluding hydrogens is 373 g/mol. The van der Waals surface area contributed by atoms with E-state index in [9.17, 15) is 35.5 Å². The average Bonchev–Trinajstić information content (AvgIpc) is 2.52. The molecule has 1 atom stereocenters. The summed E-state index contributed by atoms with van der Waals surface area (Å²) in [7, 11) is 0. The van der Waals surface area contributed by atoms with Crippen molar-refractivity contribution in [2.75, 3.05) is 0 Å². The van der Waals surface area contributed by atoms with E-state index in [1.807, 2.05) is 0 Å². The topological polar surface area (TPSA) is 46.5 Å². The fraction of sp³-hybridized carbons (Fsp3) is 0.188. The molecule has 0 heterocycles. The number of carboxylic acid groups (broad SMARTS) is 1. The maximum absolute atomic E-state index is 13.7. The third-order valence-electron chi connectivity index (χ3n) is 3.27. The number of carboxylic acids is 1. The molecule has 2 aromatic carbocycles. The molecule has 0 saturated heterocycles.